The van der Waals surface area contributed by atoms with Crippen molar-refractivity contribution in [2.45, 2.75) is 6.92 Å². The number of ether oxygens (including phenoxy) is 1. The second-order valence-electron chi connectivity index (χ2n) is 2.90. The second-order valence-corrected chi connectivity index (χ2v) is 3.82. The maximum absolute atomic E-state index is 5.00. The van der Waals surface area contributed by atoms with Crippen LogP contribution in [0.4, 0.5) is 5.13 Å². The molecule has 0 unspecified atom stereocenters. The summed E-state index contributed by atoms with van der Waals surface area (Å²) in [4.78, 5) is 2.10. The highest BCUT2D eigenvalue weighted by Crippen LogP contribution is 2.28. The Hall–Kier alpha value is -1.36. The van der Waals surface area contributed by atoms with Gasteiger partial charge in [-0.1, -0.05) is 17.3 Å². The Balaban J connectivity index is 2.23. The molecule has 0 fully saturated rings. The fraction of sp³-hybridized carbons (Fsp3) is 0.333. The number of allylic oxidation sites excluding steroid dienone is 3. The molecule has 1 aliphatic rings. The summed E-state index contributed by atoms with van der Waals surface area (Å²) >= 11 is 1.45. The molecule has 0 N–H and O–H groups in total. The molecule has 5 heteroatoms. The molecular formula is C9H11N3OS. The van der Waals surface area contributed by atoms with Crippen LogP contribution in [0.5, 0.6) is 5.19 Å². The summed E-state index contributed by atoms with van der Waals surface area (Å²) in [5.74, 6) is 0. The molecule has 0 saturated heterocycles. The lowest BCUT2D eigenvalue weighted by atomic mass is 10.3. The number of nitrogens with zero attached hydrogens (tertiary/aromatic N) is 3. The van der Waals surface area contributed by atoms with E-state index in [4.69, 9.17) is 4.74 Å². The summed E-state index contributed by atoms with van der Waals surface area (Å²) in [6.45, 7) is 2.90. The average Bonchev–Trinajstić information content (AvgIpc) is 2.67. The zero-order chi connectivity index (χ0) is 9.97. The van der Waals surface area contributed by atoms with Crippen LogP contribution >= 0.6 is 11.3 Å². The lowest BCUT2D eigenvalue weighted by Crippen LogP contribution is -2.22. The number of aromatic nitrogens is 2. The van der Waals surface area contributed by atoms with E-state index in [0.29, 0.717) is 5.19 Å². The highest BCUT2D eigenvalue weighted by atomic mass is 32.1. The van der Waals surface area contributed by atoms with Gasteiger partial charge >= 0.3 is 0 Å². The molecule has 14 heavy (non-hydrogen) atoms. The standard InChI is InChI=1S/C9H11N3OS/c1-7-5-3-4-6-12(7)8-10-11-9(13-2)14-8/h3-5H,6H2,1-2H3. The van der Waals surface area contributed by atoms with Crippen molar-refractivity contribution in [1.29, 1.82) is 0 Å². The Kier molecular flexibility index (Phi) is 2.49. The molecule has 2 heterocycles. The van der Waals surface area contributed by atoms with E-state index in [1.165, 1.54) is 17.0 Å². The van der Waals surface area contributed by atoms with Crippen LogP contribution in [0.3, 0.4) is 0 Å². The van der Waals surface area contributed by atoms with Crippen molar-refractivity contribution in [2.24, 2.45) is 0 Å². The van der Waals surface area contributed by atoms with Gasteiger partial charge in [0.2, 0.25) is 5.13 Å². The van der Waals surface area contributed by atoms with Crippen molar-refractivity contribution in [3.05, 3.63) is 23.9 Å². The Bertz CT molecular complexity index is 383. The van der Waals surface area contributed by atoms with Crippen molar-refractivity contribution < 1.29 is 4.74 Å². The van der Waals surface area contributed by atoms with Crippen molar-refractivity contribution in [3.63, 3.8) is 0 Å². The van der Waals surface area contributed by atoms with Crippen LogP contribution in [0.15, 0.2) is 23.9 Å². The Morgan fingerprint density at radius 3 is 3.00 bits per heavy atom. The van der Waals surface area contributed by atoms with Gasteiger partial charge in [0.15, 0.2) is 0 Å². The number of anilines is 1. The molecule has 0 bridgehead atoms. The minimum Gasteiger partial charge on any atom is -0.472 e. The monoisotopic (exact) mass is 209 g/mol. The zero-order valence-electron chi connectivity index (χ0n) is 8.10. The molecular weight excluding hydrogens is 198 g/mol. The van der Waals surface area contributed by atoms with Crippen LogP contribution in [0.25, 0.3) is 0 Å². The van der Waals surface area contributed by atoms with Crippen LogP contribution in [0, 0.1) is 0 Å². The molecule has 0 amide bonds. The van der Waals surface area contributed by atoms with Gasteiger partial charge in [-0.05, 0) is 24.3 Å². The molecule has 1 aromatic rings. The Morgan fingerprint density at radius 1 is 1.50 bits per heavy atom. The number of methoxy groups -OCH3 is 1. The molecule has 74 valence electrons. The summed E-state index contributed by atoms with van der Waals surface area (Å²) in [5.41, 5.74) is 1.17. The highest BCUT2D eigenvalue weighted by Gasteiger charge is 2.14. The third-order valence-electron chi connectivity index (χ3n) is 1.99. The molecule has 1 aliphatic heterocycles. The molecule has 0 aliphatic carbocycles. The third-order valence-corrected chi connectivity index (χ3v) is 2.90. The molecule has 1 aromatic heterocycles. The summed E-state index contributed by atoms with van der Waals surface area (Å²) < 4.78 is 5.00. The second kappa shape index (κ2) is 3.79. The molecule has 2 rings (SSSR count). The molecule has 0 aromatic carbocycles. The molecule has 0 radical (unpaired) electrons. The summed E-state index contributed by atoms with van der Waals surface area (Å²) in [5, 5.41) is 9.43. The third kappa shape index (κ3) is 1.63. The lowest BCUT2D eigenvalue weighted by Gasteiger charge is -2.21. The van der Waals surface area contributed by atoms with E-state index in [-0.39, 0.29) is 0 Å². The van der Waals surface area contributed by atoms with E-state index in [9.17, 15) is 0 Å². The first-order chi connectivity index (χ1) is 6.81. The number of hydrogen-bond acceptors (Lipinski definition) is 5. The molecule has 0 saturated carbocycles. The van der Waals surface area contributed by atoms with E-state index in [2.05, 4.69) is 34.2 Å². The normalized spacial score (nSPS) is 15.6. The van der Waals surface area contributed by atoms with Gasteiger partial charge in [-0.15, -0.1) is 5.10 Å². The fourth-order valence-electron chi connectivity index (χ4n) is 1.23. The first-order valence-electron chi connectivity index (χ1n) is 4.29. The molecule has 0 spiro atoms. The van der Waals surface area contributed by atoms with Crippen molar-refractivity contribution >= 4 is 16.5 Å². The smallest absolute Gasteiger partial charge is 0.295 e. The summed E-state index contributed by atoms with van der Waals surface area (Å²) in [7, 11) is 1.60. The van der Waals surface area contributed by atoms with E-state index in [0.717, 1.165) is 11.7 Å². The Labute approximate surface area is 86.5 Å². The summed E-state index contributed by atoms with van der Waals surface area (Å²) in [6.07, 6.45) is 6.18. The largest absolute Gasteiger partial charge is 0.472 e. The van der Waals surface area contributed by atoms with Crippen molar-refractivity contribution in [1.82, 2.24) is 10.2 Å². The van der Waals surface area contributed by atoms with Crippen molar-refractivity contribution in [2.75, 3.05) is 18.6 Å². The van der Waals surface area contributed by atoms with Gasteiger partial charge in [0.1, 0.15) is 0 Å². The minimum atomic E-state index is 0.599. The first-order valence-corrected chi connectivity index (χ1v) is 5.11. The average molecular weight is 209 g/mol. The van der Waals surface area contributed by atoms with Crippen LogP contribution in [0.2, 0.25) is 0 Å². The predicted octanol–water partition coefficient (Wildman–Crippen LogP) is 1.83. The maximum atomic E-state index is 5.00. The topological polar surface area (TPSA) is 38.3 Å². The quantitative estimate of drug-likeness (QED) is 0.744. The lowest BCUT2D eigenvalue weighted by molar-refractivity contribution is 0.407. The minimum absolute atomic E-state index is 0.599. The van der Waals surface area contributed by atoms with Gasteiger partial charge in [0.25, 0.3) is 5.19 Å². The van der Waals surface area contributed by atoms with Gasteiger partial charge in [-0.3, -0.25) is 0 Å². The van der Waals surface area contributed by atoms with Gasteiger partial charge in [-0.2, -0.15) is 0 Å². The number of rotatable bonds is 2. The fourth-order valence-corrected chi connectivity index (χ4v) is 1.96. The van der Waals surface area contributed by atoms with Crippen LogP contribution in [-0.4, -0.2) is 23.9 Å². The predicted molar refractivity (Wildman–Crippen MR) is 56.7 cm³/mol. The van der Waals surface area contributed by atoms with E-state index >= 15 is 0 Å². The van der Waals surface area contributed by atoms with Gasteiger partial charge in [0.05, 0.1) is 7.11 Å². The van der Waals surface area contributed by atoms with E-state index in [1.54, 1.807) is 7.11 Å². The number of hydrogen-bond donors (Lipinski definition) is 0. The zero-order valence-corrected chi connectivity index (χ0v) is 8.91. The van der Waals surface area contributed by atoms with Gasteiger partial charge in [0, 0.05) is 12.2 Å². The van der Waals surface area contributed by atoms with Crippen molar-refractivity contribution in [3.8, 4) is 5.19 Å². The highest BCUT2D eigenvalue weighted by molar-refractivity contribution is 7.17. The van der Waals surface area contributed by atoms with Gasteiger partial charge < -0.3 is 9.64 Å². The van der Waals surface area contributed by atoms with Crippen LogP contribution in [0.1, 0.15) is 6.92 Å². The van der Waals surface area contributed by atoms with Gasteiger partial charge in [-0.25, -0.2) is 0 Å². The maximum Gasteiger partial charge on any atom is 0.295 e. The molecule has 4 nitrogen and oxygen atoms in total. The SMILES string of the molecule is COc1nnc(N2CC=CC=C2C)s1. The van der Waals surface area contributed by atoms with Crippen LogP contribution in [-0.2, 0) is 0 Å². The van der Waals surface area contributed by atoms with E-state index in [1.807, 2.05) is 6.08 Å². The first kappa shape index (κ1) is 9.21. The Morgan fingerprint density at radius 2 is 2.36 bits per heavy atom. The molecule has 0 atom stereocenters. The van der Waals surface area contributed by atoms with E-state index < -0.39 is 0 Å². The van der Waals surface area contributed by atoms with Crippen LogP contribution < -0.4 is 9.64 Å². The summed E-state index contributed by atoms with van der Waals surface area (Å²) in [6, 6.07) is 0.